The number of carbonyl (C=O) groups is 1. The quantitative estimate of drug-likeness (QED) is 0.261. The highest BCUT2D eigenvalue weighted by atomic mass is 16.5. The van der Waals surface area contributed by atoms with Crippen molar-refractivity contribution < 1.29 is 14.3 Å². The van der Waals surface area contributed by atoms with Gasteiger partial charge in [-0.3, -0.25) is 4.79 Å². The molecule has 0 saturated heterocycles. The number of hydrogen-bond donors (Lipinski definition) is 3. The van der Waals surface area contributed by atoms with Crippen LogP contribution in [0, 0.1) is 0 Å². The number of ether oxygens (including phenoxy) is 2. The number of rotatable bonds is 14. The Balaban J connectivity index is 1.51. The van der Waals surface area contributed by atoms with Gasteiger partial charge in [-0.25, -0.2) is 0 Å². The average molecular weight is 466 g/mol. The van der Waals surface area contributed by atoms with Crippen molar-refractivity contribution in [1.82, 2.24) is 0 Å². The van der Waals surface area contributed by atoms with Gasteiger partial charge >= 0.3 is 0 Å². The lowest BCUT2D eigenvalue weighted by Crippen LogP contribution is -2.45. The van der Waals surface area contributed by atoms with Gasteiger partial charge < -0.3 is 25.4 Å². The van der Waals surface area contributed by atoms with Gasteiger partial charge in [-0.15, -0.1) is 0 Å². The molecule has 2 heterocycles. The van der Waals surface area contributed by atoms with Crippen LogP contribution >= 0.6 is 0 Å². The SMILES string of the molecule is CCCCCCCOc1ccc(OCCCCCCC)c2c1NC1(N2)C(=O)Nc2ccccc21. The van der Waals surface area contributed by atoms with E-state index in [-0.39, 0.29) is 5.91 Å². The highest BCUT2D eigenvalue weighted by Gasteiger charge is 2.52. The molecule has 0 atom stereocenters. The predicted octanol–water partition coefficient (Wildman–Crippen LogP) is 7.03. The summed E-state index contributed by atoms with van der Waals surface area (Å²) in [6, 6.07) is 11.7. The van der Waals surface area contributed by atoms with Gasteiger partial charge in [0.15, 0.2) is 0 Å². The highest BCUT2D eigenvalue weighted by molar-refractivity contribution is 6.12. The van der Waals surface area contributed by atoms with E-state index in [1.165, 1.54) is 51.4 Å². The molecule has 0 radical (unpaired) electrons. The van der Waals surface area contributed by atoms with Gasteiger partial charge in [0.2, 0.25) is 5.66 Å². The molecule has 0 aromatic heterocycles. The second-order valence-corrected chi connectivity index (χ2v) is 9.34. The number of unbranched alkanes of at least 4 members (excludes halogenated alkanes) is 8. The van der Waals surface area contributed by atoms with Crippen LogP contribution in [0.15, 0.2) is 36.4 Å². The third-order valence-electron chi connectivity index (χ3n) is 6.68. The Hall–Kier alpha value is -2.89. The van der Waals surface area contributed by atoms with Gasteiger partial charge in [0.1, 0.15) is 22.9 Å². The molecule has 1 spiro atoms. The predicted molar refractivity (Wildman–Crippen MR) is 139 cm³/mol. The van der Waals surface area contributed by atoms with Crippen LogP contribution in [0.5, 0.6) is 11.5 Å². The number of hydrogen-bond acceptors (Lipinski definition) is 5. The van der Waals surface area contributed by atoms with Gasteiger partial charge in [-0.2, -0.15) is 0 Å². The third-order valence-corrected chi connectivity index (χ3v) is 6.68. The smallest absolute Gasteiger partial charge is 0.275 e. The fourth-order valence-corrected chi connectivity index (χ4v) is 4.74. The molecule has 6 nitrogen and oxygen atoms in total. The third kappa shape index (κ3) is 5.11. The van der Waals surface area contributed by atoms with E-state index in [0.717, 1.165) is 47.0 Å². The van der Waals surface area contributed by atoms with E-state index in [2.05, 4.69) is 29.8 Å². The van der Waals surface area contributed by atoms with E-state index in [1.807, 2.05) is 36.4 Å². The molecule has 0 saturated carbocycles. The molecule has 0 aliphatic carbocycles. The zero-order chi connectivity index (χ0) is 23.8. The Morgan fingerprint density at radius 3 is 1.79 bits per heavy atom. The number of amides is 1. The normalized spacial score (nSPS) is 14.8. The summed E-state index contributed by atoms with van der Waals surface area (Å²) in [4.78, 5) is 13.2. The molecule has 184 valence electrons. The monoisotopic (exact) mass is 465 g/mol. The topological polar surface area (TPSA) is 71.6 Å². The molecule has 1 amide bonds. The first-order valence-electron chi connectivity index (χ1n) is 13.1. The van der Waals surface area contributed by atoms with Gasteiger partial charge in [0, 0.05) is 11.3 Å². The zero-order valence-electron chi connectivity index (χ0n) is 20.7. The molecule has 3 N–H and O–H groups in total. The maximum Gasteiger partial charge on any atom is 0.275 e. The Bertz CT molecular complexity index is 930. The van der Waals surface area contributed by atoms with Crippen molar-refractivity contribution in [3.63, 3.8) is 0 Å². The van der Waals surface area contributed by atoms with E-state index in [9.17, 15) is 4.79 Å². The Kier molecular flexibility index (Phi) is 8.20. The van der Waals surface area contributed by atoms with Crippen molar-refractivity contribution in [3.05, 3.63) is 42.0 Å². The number of nitrogens with one attached hydrogen (secondary N) is 3. The molecule has 34 heavy (non-hydrogen) atoms. The van der Waals surface area contributed by atoms with Crippen LogP contribution in [-0.4, -0.2) is 19.1 Å². The molecule has 4 rings (SSSR count). The van der Waals surface area contributed by atoms with Crippen molar-refractivity contribution in [2.24, 2.45) is 0 Å². The summed E-state index contributed by atoms with van der Waals surface area (Å²) in [6.07, 6.45) is 11.8. The number of para-hydroxylation sites is 1. The van der Waals surface area contributed by atoms with Crippen LogP contribution in [0.1, 0.15) is 83.6 Å². The summed E-state index contributed by atoms with van der Waals surface area (Å²) >= 11 is 0. The Labute approximate surface area is 203 Å². The van der Waals surface area contributed by atoms with E-state index in [0.29, 0.717) is 13.2 Å². The molecule has 6 heteroatoms. The van der Waals surface area contributed by atoms with Crippen LogP contribution in [0.3, 0.4) is 0 Å². The van der Waals surface area contributed by atoms with Gasteiger partial charge in [-0.1, -0.05) is 83.4 Å². The summed E-state index contributed by atoms with van der Waals surface area (Å²) in [7, 11) is 0. The Morgan fingerprint density at radius 1 is 0.706 bits per heavy atom. The minimum Gasteiger partial charge on any atom is -0.491 e. The first kappa shape index (κ1) is 24.2. The van der Waals surface area contributed by atoms with E-state index >= 15 is 0 Å². The summed E-state index contributed by atoms with van der Waals surface area (Å²) in [6.45, 7) is 5.76. The van der Waals surface area contributed by atoms with Crippen molar-refractivity contribution in [2.45, 2.75) is 83.7 Å². The van der Waals surface area contributed by atoms with Gasteiger partial charge in [0.25, 0.3) is 5.91 Å². The average Bonchev–Trinajstić information content (AvgIpc) is 3.38. The summed E-state index contributed by atoms with van der Waals surface area (Å²) in [5.74, 6) is 1.38. The molecular formula is C28H39N3O3. The fraction of sp³-hybridized carbons (Fsp3) is 0.536. The summed E-state index contributed by atoms with van der Waals surface area (Å²) < 4.78 is 12.4. The van der Waals surface area contributed by atoms with Crippen LogP contribution < -0.4 is 25.4 Å². The number of benzene rings is 2. The first-order valence-corrected chi connectivity index (χ1v) is 13.1. The zero-order valence-corrected chi connectivity index (χ0v) is 20.7. The standard InChI is InChI=1S/C28H39N3O3/c1-3-5-7-9-13-19-33-23-17-18-24(34-20-14-10-8-6-4-2)26-25(23)30-28(31-26)21-15-11-12-16-22(21)29-27(28)32/h11-12,15-18,30-31H,3-10,13-14,19-20H2,1-2H3,(H,29,32). The van der Waals surface area contributed by atoms with Crippen LogP contribution in [0.25, 0.3) is 0 Å². The highest BCUT2D eigenvalue weighted by Crippen LogP contribution is 2.52. The molecule has 2 aromatic rings. The van der Waals surface area contributed by atoms with Gasteiger partial charge in [-0.05, 0) is 31.0 Å². The second-order valence-electron chi connectivity index (χ2n) is 9.34. The van der Waals surface area contributed by atoms with Crippen LogP contribution in [0.2, 0.25) is 0 Å². The molecule has 0 fully saturated rings. The van der Waals surface area contributed by atoms with Crippen LogP contribution in [0.4, 0.5) is 17.1 Å². The lowest BCUT2D eigenvalue weighted by atomic mass is 10.0. The van der Waals surface area contributed by atoms with E-state index < -0.39 is 5.66 Å². The largest absolute Gasteiger partial charge is 0.491 e. The van der Waals surface area contributed by atoms with Crippen LogP contribution in [-0.2, 0) is 10.5 Å². The summed E-state index contributed by atoms with van der Waals surface area (Å²) in [5.41, 5.74) is 2.23. The molecule has 0 bridgehead atoms. The maximum absolute atomic E-state index is 13.2. The molecular weight excluding hydrogens is 426 g/mol. The van der Waals surface area contributed by atoms with Crippen molar-refractivity contribution >= 4 is 23.0 Å². The fourth-order valence-electron chi connectivity index (χ4n) is 4.74. The molecule has 2 aromatic carbocycles. The van der Waals surface area contributed by atoms with E-state index in [1.54, 1.807) is 0 Å². The molecule has 2 aliphatic heterocycles. The Morgan fingerprint density at radius 2 is 1.24 bits per heavy atom. The molecule has 0 unspecified atom stereocenters. The lowest BCUT2D eigenvalue weighted by Gasteiger charge is -2.23. The number of anilines is 3. The number of carbonyl (C=O) groups excluding carboxylic acids is 1. The lowest BCUT2D eigenvalue weighted by molar-refractivity contribution is -0.119. The van der Waals surface area contributed by atoms with Crippen molar-refractivity contribution in [2.75, 3.05) is 29.2 Å². The van der Waals surface area contributed by atoms with Crippen molar-refractivity contribution in [1.29, 1.82) is 0 Å². The maximum atomic E-state index is 13.2. The first-order chi connectivity index (χ1) is 16.7. The van der Waals surface area contributed by atoms with Crippen molar-refractivity contribution in [3.8, 4) is 11.5 Å². The van der Waals surface area contributed by atoms with Gasteiger partial charge in [0.05, 0.1) is 13.2 Å². The summed E-state index contributed by atoms with van der Waals surface area (Å²) in [5, 5.41) is 9.95. The second kappa shape index (κ2) is 11.5. The minimum absolute atomic E-state index is 0.124. The van der Waals surface area contributed by atoms with E-state index in [4.69, 9.17) is 9.47 Å². The minimum atomic E-state index is -1.06. The number of fused-ring (bicyclic) bond motifs is 3. The molecule has 2 aliphatic rings.